The summed E-state index contributed by atoms with van der Waals surface area (Å²) in [5, 5.41) is 8.05. The monoisotopic (exact) mass is 281 g/mol. The second kappa shape index (κ2) is 8.27. The lowest BCUT2D eigenvalue weighted by atomic mass is 10.2. The van der Waals surface area contributed by atoms with E-state index in [2.05, 4.69) is 62.1 Å². The third-order valence-corrected chi connectivity index (χ3v) is 3.48. The number of aromatic nitrogens is 2. The lowest BCUT2D eigenvalue weighted by molar-refractivity contribution is 0.411. The van der Waals surface area contributed by atoms with Gasteiger partial charge in [-0.15, -0.1) is 0 Å². The van der Waals surface area contributed by atoms with Crippen molar-refractivity contribution in [3.05, 3.63) is 11.3 Å². The first-order chi connectivity index (χ1) is 9.51. The molecule has 1 rings (SSSR count). The van der Waals surface area contributed by atoms with Gasteiger partial charge in [0.1, 0.15) is 5.82 Å². The van der Waals surface area contributed by atoms with Crippen LogP contribution in [-0.4, -0.2) is 55.0 Å². The van der Waals surface area contributed by atoms with Gasteiger partial charge in [0.25, 0.3) is 0 Å². The SMILES string of the molecule is CCCN(CCN(C)C)c1c(CNCC)c(C)nn1C. The molecule has 0 bridgehead atoms. The van der Waals surface area contributed by atoms with Crippen LogP contribution in [0.1, 0.15) is 31.5 Å². The standard InChI is InChI=1S/C15H31N5/c1-7-9-20(11-10-18(4)5)15-14(12-16-8-2)13(3)17-19(15)6/h16H,7-12H2,1-6H3. The Morgan fingerprint density at radius 1 is 1.15 bits per heavy atom. The zero-order chi connectivity index (χ0) is 15.1. The number of hydrogen-bond donors (Lipinski definition) is 1. The van der Waals surface area contributed by atoms with Gasteiger partial charge in [0.05, 0.1) is 5.69 Å². The molecule has 5 heteroatoms. The summed E-state index contributed by atoms with van der Waals surface area (Å²) in [6, 6.07) is 0. The summed E-state index contributed by atoms with van der Waals surface area (Å²) in [6.45, 7) is 11.5. The fraction of sp³-hybridized carbons (Fsp3) is 0.800. The highest BCUT2D eigenvalue weighted by molar-refractivity contribution is 5.50. The van der Waals surface area contributed by atoms with Crippen LogP contribution in [0.25, 0.3) is 0 Å². The maximum atomic E-state index is 4.62. The van der Waals surface area contributed by atoms with E-state index in [1.807, 2.05) is 4.68 Å². The normalized spacial score (nSPS) is 11.3. The Kier molecular flexibility index (Phi) is 7.02. The van der Waals surface area contributed by atoms with Crippen molar-refractivity contribution in [3.8, 4) is 0 Å². The minimum atomic E-state index is 0.897. The van der Waals surface area contributed by atoms with Crippen LogP contribution in [0.2, 0.25) is 0 Å². The van der Waals surface area contributed by atoms with E-state index in [0.29, 0.717) is 0 Å². The zero-order valence-electron chi connectivity index (χ0n) is 14.0. The van der Waals surface area contributed by atoms with Crippen molar-refractivity contribution in [2.24, 2.45) is 7.05 Å². The van der Waals surface area contributed by atoms with Gasteiger partial charge in [0.15, 0.2) is 0 Å². The van der Waals surface area contributed by atoms with Gasteiger partial charge in [0, 0.05) is 38.8 Å². The molecule has 0 aromatic carbocycles. The highest BCUT2D eigenvalue weighted by Gasteiger charge is 2.18. The zero-order valence-corrected chi connectivity index (χ0v) is 14.0. The number of rotatable bonds is 9. The largest absolute Gasteiger partial charge is 0.355 e. The van der Waals surface area contributed by atoms with Crippen LogP contribution in [0.5, 0.6) is 0 Å². The summed E-state index contributed by atoms with van der Waals surface area (Å²) in [7, 11) is 6.30. The smallest absolute Gasteiger partial charge is 0.131 e. The molecule has 0 atom stereocenters. The van der Waals surface area contributed by atoms with E-state index in [9.17, 15) is 0 Å². The molecule has 0 saturated heterocycles. The Hall–Kier alpha value is -1.07. The van der Waals surface area contributed by atoms with Gasteiger partial charge in [-0.2, -0.15) is 5.10 Å². The molecule has 0 saturated carbocycles. The summed E-state index contributed by atoms with van der Waals surface area (Å²) in [6.07, 6.45) is 1.15. The molecule has 1 aromatic heterocycles. The third-order valence-electron chi connectivity index (χ3n) is 3.48. The highest BCUT2D eigenvalue weighted by atomic mass is 15.4. The number of nitrogens with one attached hydrogen (secondary N) is 1. The number of aryl methyl sites for hydroxylation is 2. The molecule has 0 amide bonds. The number of nitrogens with zero attached hydrogens (tertiary/aromatic N) is 4. The van der Waals surface area contributed by atoms with Crippen molar-refractivity contribution in [1.29, 1.82) is 0 Å². The lowest BCUT2D eigenvalue weighted by Crippen LogP contribution is -2.34. The maximum absolute atomic E-state index is 4.62. The molecule has 1 N–H and O–H groups in total. The fourth-order valence-corrected chi connectivity index (χ4v) is 2.46. The van der Waals surface area contributed by atoms with Crippen molar-refractivity contribution >= 4 is 5.82 Å². The van der Waals surface area contributed by atoms with E-state index in [1.54, 1.807) is 0 Å². The summed E-state index contributed by atoms with van der Waals surface area (Å²) in [5.74, 6) is 1.27. The van der Waals surface area contributed by atoms with E-state index in [1.165, 1.54) is 11.4 Å². The molecule has 0 radical (unpaired) electrons. The first-order valence-corrected chi connectivity index (χ1v) is 7.64. The highest BCUT2D eigenvalue weighted by Crippen LogP contribution is 2.23. The number of hydrogen-bond acceptors (Lipinski definition) is 4. The van der Waals surface area contributed by atoms with Crippen molar-refractivity contribution in [1.82, 2.24) is 20.0 Å². The van der Waals surface area contributed by atoms with Crippen LogP contribution in [0.4, 0.5) is 5.82 Å². The second-order valence-electron chi connectivity index (χ2n) is 5.58. The van der Waals surface area contributed by atoms with E-state index >= 15 is 0 Å². The second-order valence-corrected chi connectivity index (χ2v) is 5.58. The van der Waals surface area contributed by atoms with Crippen LogP contribution in [0.15, 0.2) is 0 Å². The minimum absolute atomic E-state index is 0.897. The molecular weight excluding hydrogens is 250 g/mol. The summed E-state index contributed by atoms with van der Waals surface area (Å²) >= 11 is 0. The van der Waals surface area contributed by atoms with Gasteiger partial charge in [-0.3, -0.25) is 4.68 Å². The molecule has 5 nitrogen and oxygen atoms in total. The maximum Gasteiger partial charge on any atom is 0.131 e. The van der Waals surface area contributed by atoms with Crippen molar-refractivity contribution in [2.45, 2.75) is 33.7 Å². The topological polar surface area (TPSA) is 36.3 Å². The average Bonchev–Trinajstić information content (AvgIpc) is 2.66. The Morgan fingerprint density at radius 2 is 1.85 bits per heavy atom. The Morgan fingerprint density at radius 3 is 2.40 bits per heavy atom. The van der Waals surface area contributed by atoms with Gasteiger partial charge in [-0.1, -0.05) is 13.8 Å². The van der Waals surface area contributed by atoms with Crippen LogP contribution >= 0.6 is 0 Å². The van der Waals surface area contributed by atoms with Crippen LogP contribution in [-0.2, 0) is 13.6 Å². The molecular formula is C15H31N5. The van der Waals surface area contributed by atoms with Gasteiger partial charge in [-0.05, 0) is 34.0 Å². The molecule has 0 spiro atoms. The molecule has 0 aliphatic heterocycles. The lowest BCUT2D eigenvalue weighted by Gasteiger charge is -2.27. The molecule has 116 valence electrons. The third kappa shape index (κ3) is 4.49. The molecule has 1 heterocycles. The van der Waals surface area contributed by atoms with Crippen molar-refractivity contribution in [2.75, 3.05) is 45.2 Å². The first kappa shape index (κ1) is 17.0. The fourth-order valence-electron chi connectivity index (χ4n) is 2.46. The van der Waals surface area contributed by atoms with Crippen LogP contribution in [0, 0.1) is 6.92 Å². The number of likely N-dealkylation sites (N-methyl/N-ethyl adjacent to an activating group) is 1. The minimum Gasteiger partial charge on any atom is -0.355 e. The van der Waals surface area contributed by atoms with Gasteiger partial charge in [-0.25, -0.2) is 0 Å². The molecule has 0 aliphatic carbocycles. The predicted molar refractivity (Wildman–Crippen MR) is 86.4 cm³/mol. The summed E-state index contributed by atoms with van der Waals surface area (Å²) in [5.41, 5.74) is 2.47. The predicted octanol–water partition coefficient (Wildman–Crippen LogP) is 1.62. The van der Waals surface area contributed by atoms with Crippen LogP contribution < -0.4 is 10.2 Å². The van der Waals surface area contributed by atoms with E-state index in [-0.39, 0.29) is 0 Å². The Balaban J connectivity index is 2.97. The summed E-state index contributed by atoms with van der Waals surface area (Å²) < 4.78 is 2.04. The van der Waals surface area contributed by atoms with E-state index < -0.39 is 0 Å². The van der Waals surface area contributed by atoms with Gasteiger partial charge < -0.3 is 15.1 Å². The van der Waals surface area contributed by atoms with Crippen molar-refractivity contribution in [3.63, 3.8) is 0 Å². The number of anilines is 1. The molecule has 0 fully saturated rings. The molecule has 0 unspecified atom stereocenters. The van der Waals surface area contributed by atoms with Gasteiger partial charge in [0.2, 0.25) is 0 Å². The first-order valence-electron chi connectivity index (χ1n) is 7.64. The Bertz CT molecular complexity index is 397. The molecule has 0 aliphatic rings. The summed E-state index contributed by atoms with van der Waals surface area (Å²) in [4.78, 5) is 4.70. The van der Waals surface area contributed by atoms with Crippen LogP contribution in [0.3, 0.4) is 0 Å². The Labute approximate surface area is 123 Å². The molecule has 20 heavy (non-hydrogen) atoms. The van der Waals surface area contributed by atoms with E-state index in [4.69, 9.17) is 0 Å². The average molecular weight is 281 g/mol. The van der Waals surface area contributed by atoms with E-state index in [0.717, 1.165) is 44.8 Å². The molecule has 1 aromatic rings. The van der Waals surface area contributed by atoms with Crippen molar-refractivity contribution < 1.29 is 0 Å². The van der Waals surface area contributed by atoms with Gasteiger partial charge >= 0.3 is 0 Å². The quantitative estimate of drug-likeness (QED) is 0.746.